The van der Waals surface area contributed by atoms with Crippen LogP contribution in [0.2, 0.25) is 0 Å². The number of benzene rings is 1. The van der Waals surface area contributed by atoms with Crippen LogP contribution in [0.5, 0.6) is 0 Å². The number of rotatable bonds is 3. The molecule has 0 saturated heterocycles. The molecule has 108 valence electrons. The third-order valence-corrected chi connectivity index (χ3v) is 2.52. The van der Waals surface area contributed by atoms with E-state index in [0.717, 1.165) is 5.56 Å². The van der Waals surface area contributed by atoms with Gasteiger partial charge in [0.1, 0.15) is 5.60 Å². The molecule has 0 N–H and O–H groups in total. The summed E-state index contributed by atoms with van der Waals surface area (Å²) < 4.78 is 9.91. The summed E-state index contributed by atoms with van der Waals surface area (Å²) in [5, 5.41) is 0. The van der Waals surface area contributed by atoms with Crippen LogP contribution in [-0.4, -0.2) is 24.6 Å². The number of hydrogen-bond donors (Lipinski definition) is 0. The Balaban J connectivity index is 3.03. The number of aryl methyl sites for hydroxylation is 1. The quantitative estimate of drug-likeness (QED) is 0.628. The van der Waals surface area contributed by atoms with E-state index < -0.39 is 17.5 Å². The Bertz CT molecular complexity index is 536. The van der Waals surface area contributed by atoms with Gasteiger partial charge in [0.15, 0.2) is 0 Å². The predicted octanol–water partition coefficient (Wildman–Crippen LogP) is 3.14. The first-order valence-electron chi connectivity index (χ1n) is 6.33. The monoisotopic (exact) mass is 276 g/mol. The largest absolute Gasteiger partial charge is 0.465 e. The number of methoxy groups -OCH3 is 1. The lowest BCUT2D eigenvalue weighted by Gasteiger charge is -2.18. The Morgan fingerprint density at radius 1 is 1.20 bits per heavy atom. The van der Waals surface area contributed by atoms with Gasteiger partial charge < -0.3 is 9.47 Å². The third kappa shape index (κ3) is 4.53. The minimum Gasteiger partial charge on any atom is -0.465 e. The molecule has 0 aliphatic carbocycles. The van der Waals surface area contributed by atoms with E-state index in [4.69, 9.17) is 9.47 Å². The van der Waals surface area contributed by atoms with Gasteiger partial charge >= 0.3 is 11.9 Å². The minimum absolute atomic E-state index is 0.423. The predicted molar refractivity (Wildman–Crippen MR) is 77.4 cm³/mol. The lowest BCUT2D eigenvalue weighted by Crippen LogP contribution is -2.22. The van der Waals surface area contributed by atoms with Crippen LogP contribution in [0.4, 0.5) is 0 Å². The van der Waals surface area contributed by atoms with E-state index in [2.05, 4.69) is 0 Å². The van der Waals surface area contributed by atoms with Gasteiger partial charge in [-0.3, -0.25) is 0 Å². The highest BCUT2D eigenvalue weighted by Crippen LogP contribution is 2.17. The highest BCUT2D eigenvalue weighted by molar-refractivity contribution is 5.96. The Kier molecular flexibility index (Phi) is 5.08. The first-order valence-corrected chi connectivity index (χ1v) is 6.33. The van der Waals surface area contributed by atoms with E-state index in [0.29, 0.717) is 11.1 Å². The first-order chi connectivity index (χ1) is 9.24. The molecule has 0 heterocycles. The van der Waals surface area contributed by atoms with Gasteiger partial charge in [0, 0.05) is 6.08 Å². The maximum absolute atomic E-state index is 11.7. The topological polar surface area (TPSA) is 52.6 Å². The molecule has 1 aromatic rings. The van der Waals surface area contributed by atoms with E-state index in [1.165, 1.54) is 13.2 Å². The summed E-state index contributed by atoms with van der Waals surface area (Å²) in [7, 11) is 1.33. The third-order valence-electron chi connectivity index (χ3n) is 2.52. The molecule has 0 aliphatic heterocycles. The SMILES string of the molecule is COC(=O)c1cccc(C)c1/C=C/C(=O)OC(C)(C)C. The molecule has 0 aromatic heterocycles. The fourth-order valence-electron chi connectivity index (χ4n) is 1.68. The average Bonchev–Trinajstić information content (AvgIpc) is 2.34. The van der Waals surface area contributed by atoms with E-state index in [9.17, 15) is 9.59 Å². The van der Waals surface area contributed by atoms with Gasteiger partial charge in [0.05, 0.1) is 12.7 Å². The second-order valence-corrected chi connectivity index (χ2v) is 5.39. The van der Waals surface area contributed by atoms with Crippen molar-refractivity contribution in [2.75, 3.05) is 7.11 Å². The summed E-state index contributed by atoms with van der Waals surface area (Å²) in [5.41, 5.74) is 1.42. The highest BCUT2D eigenvalue weighted by atomic mass is 16.6. The van der Waals surface area contributed by atoms with Crippen LogP contribution in [0.15, 0.2) is 24.3 Å². The molecule has 0 radical (unpaired) electrons. The maximum atomic E-state index is 11.7. The second-order valence-electron chi connectivity index (χ2n) is 5.39. The van der Waals surface area contributed by atoms with Gasteiger partial charge in [-0.15, -0.1) is 0 Å². The number of hydrogen-bond acceptors (Lipinski definition) is 4. The molecule has 4 heteroatoms. The molecule has 1 aromatic carbocycles. The average molecular weight is 276 g/mol. The van der Waals surface area contributed by atoms with Crippen LogP contribution in [0.1, 0.15) is 42.3 Å². The maximum Gasteiger partial charge on any atom is 0.338 e. The molecule has 20 heavy (non-hydrogen) atoms. The normalized spacial score (nSPS) is 11.4. The van der Waals surface area contributed by atoms with Crippen molar-refractivity contribution in [2.45, 2.75) is 33.3 Å². The molecule has 1 rings (SSSR count). The molecule has 0 aliphatic rings. The summed E-state index contributed by atoms with van der Waals surface area (Å²) >= 11 is 0. The minimum atomic E-state index is -0.543. The van der Waals surface area contributed by atoms with E-state index in [1.54, 1.807) is 39.0 Å². The molecular formula is C16H20O4. The number of carbonyl (C=O) groups is 2. The van der Waals surface area contributed by atoms with Crippen LogP contribution in [-0.2, 0) is 14.3 Å². The number of carbonyl (C=O) groups excluding carboxylic acids is 2. The van der Waals surface area contributed by atoms with Gasteiger partial charge in [0.2, 0.25) is 0 Å². The number of ether oxygens (including phenoxy) is 2. The highest BCUT2D eigenvalue weighted by Gasteiger charge is 2.15. The molecule has 0 saturated carbocycles. The summed E-state index contributed by atoms with van der Waals surface area (Å²) in [5.74, 6) is -0.880. The van der Waals surface area contributed by atoms with Crippen LogP contribution >= 0.6 is 0 Å². The molecule has 0 atom stereocenters. The zero-order valence-electron chi connectivity index (χ0n) is 12.5. The van der Waals surface area contributed by atoms with Crippen molar-refractivity contribution in [3.05, 3.63) is 41.0 Å². The van der Waals surface area contributed by atoms with Crippen molar-refractivity contribution in [3.63, 3.8) is 0 Å². The summed E-state index contributed by atoms with van der Waals surface area (Å²) in [4.78, 5) is 23.4. The number of esters is 2. The molecule has 0 spiro atoms. The molecule has 0 unspecified atom stereocenters. The van der Waals surface area contributed by atoms with Crippen molar-refractivity contribution >= 4 is 18.0 Å². The van der Waals surface area contributed by atoms with Crippen molar-refractivity contribution in [1.29, 1.82) is 0 Å². The zero-order chi connectivity index (χ0) is 15.3. The van der Waals surface area contributed by atoms with E-state index in [-0.39, 0.29) is 0 Å². The molecule has 0 bridgehead atoms. The first kappa shape index (κ1) is 16.0. The lowest BCUT2D eigenvalue weighted by atomic mass is 10.0. The van der Waals surface area contributed by atoms with Gasteiger partial charge in [-0.05, 0) is 51.0 Å². The Morgan fingerprint density at radius 3 is 2.40 bits per heavy atom. The summed E-state index contributed by atoms with van der Waals surface area (Å²) in [6, 6.07) is 5.29. The summed E-state index contributed by atoms with van der Waals surface area (Å²) in [6.07, 6.45) is 2.90. The standard InChI is InChI=1S/C16H20O4/c1-11-7-6-8-13(15(18)19-5)12(11)9-10-14(17)20-16(2,3)4/h6-10H,1-5H3/b10-9+. The van der Waals surface area contributed by atoms with Gasteiger partial charge in [-0.1, -0.05) is 12.1 Å². The van der Waals surface area contributed by atoms with E-state index in [1.807, 2.05) is 13.0 Å². The van der Waals surface area contributed by atoms with Gasteiger partial charge in [-0.2, -0.15) is 0 Å². The Hall–Kier alpha value is -2.10. The van der Waals surface area contributed by atoms with Crippen molar-refractivity contribution in [1.82, 2.24) is 0 Å². The van der Waals surface area contributed by atoms with E-state index >= 15 is 0 Å². The summed E-state index contributed by atoms with van der Waals surface area (Å²) in [6.45, 7) is 7.26. The van der Waals surface area contributed by atoms with Crippen LogP contribution < -0.4 is 0 Å². The second kappa shape index (κ2) is 6.37. The van der Waals surface area contributed by atoms with Gasteiger partial charge in [-0.25, -0.2) is 9.59 Å². The van der Waals surface area contributed by atoms with Crippen molar-refractivity contribution in [3.8, 4) is 0 Å². The van der Waals surface area contributed by atoms with Crippen molar-refractivity contribution in [2.24, 2.45) is 0 Å². The van der Waals surface area contributed by atoms with Gasteiger partial charge in [0.25, 0.3) is 0 Å². The Morgan fingerprint density at radius 2 is 1.85 bits per heavy atom. The molecule has 0 amide bonds. The molecule has 4 nitrogen and oxygen atoms in total. The van der Waals surface area contributed by atoms with Crippen LogP contribution in [0, 0.1) is 6.92 Å². The molecular weight excluding hydrogens is 256 g/mol. The van der Waals surface area contributed by atoms with Crippen LogP contribution in [0.3, 0.4) is 0 Å². The van der Waals surface area contributed by atoms with Crippen molar-refractivity contribution < 1.29 is 19.1 Å². The fraction of sp³-hybridized carbons (Fsp3) is 0.375. The van der Waals surface area contributed by atoms with Crippen LogP contribution in [0.25, 0.3) is 6.08 Å². The zero-order valence-corrected chi connectivity index (χ0v) is 12.5. The Labute approximate surface area is 119 Å². The molecule has 0 fully saturated rings. The fourth-order valence-corrected chi connectivity index (χ4v) is 1.68. The lowest BCUT2D eigenvalue weighted by molar-refractivity contribution is -0.148. The smallest absolute Gasteiger partial charge is 0.338 e.